The van der Waals surface area contributed by atoms with Crippen molar-refractivity contribution in [1.29, 1.82) is 0 Å². The van der Waals surface area contributed by atoms with Gasteiger partial charge in [0.1, 0.15) is 24.2 Å². The van der Waals surface area contributed by atoms with E-state index in [1.807, 2.05) is 6.92 Å². The molecule has 1 heterocycles. The summed E-state index contributed by atoms with van der Waals surface area (Å²) in [4.78, 5) is 26.0. The summed E-state index contributed by atoms with van der Waals surface area (Å²) in [6, 6.07) is 7.11. The van der Waals surface area contributed by atoms with Crippen LogP contribution in [0.4, 0.5) is 0 Å². The van der Waals surface area contributed by atoms with Crippen LogP contribution in [0.15, 0.2) is 24.3 Å². The third-order valence-corrected chi connectivity index (χ3v) is 4.90. The molecule has 6 nitrogen and oxygen atoms in total. The molecule has 25 heavy (non-hydrogen) atoms. The Bertz CT molecular complexity index is 591. The molecule has 1 N–H and O–H groups in total. The average Bonchev–Trinajstić information content (AvgIpc) is 2.87. The molecule has 1 aliphatic heterocycles. The van der Waals surface area contributed by atoms with Gasteiger partial charge < -0.3 is 14.6 Å². The quantitative estimate of drug-likeness (QED) is 0.764. The number of imide groups is 1. The largest absolute Gasteiger partial charge is 0.494 e. The van der Waals surface area contributed by atoms with Gasteiger partial charge >= 0.3 is 0 Å². The number of hydrogen-bond acceptors (Lipinski definition) is 5. The zero-order chi connectivity index (χ0) is 17.8. The third kappa shape index (κ3) is 3.95. The minimum absolute atomic E-state index is 0.00168. The van der Waals surface area contributed by atoms with Crippen LogP contribution in [0.1, 0.15) is 32.6 Å². The summed E-state index contributed by atoms with van der Waals surface area (Å²) < 4.78 is 10.9. The summed E-state index contributed by atoms with van der Waals surface area (Å²) in [5, 5.41) is 10.2. The van der Waals surface area contributed by atoms with E-state index in [0.29, 0.717) is 12.4 Å². The Balaban J connectivity index is 1.51. The molecule has 0 bridgehead atoms. The number of fused-ring (bicyclic) bond motifs is 1. The first kappa shape index (κ1) is 17.7. The summed E-state index contributed by atoms with van der Waals surface area (Å²) in [7, 11) is 0. The lowest BCUT2D eigenvalue weighted by Gasteiger charge is -2.19. The molecule has 0 aromatic heterocycles. The molecule has 2 amide bonds. The van der Waals surface area contributed by atoms with E-state index in [-0.39, 0.29) is 36.8 Å². The van der Waals surface area contributed by atoms with E-state index >= 15 is 0 Å². The van der Waals surface area contributed by atoms with Crippen molar-refractivity contribution in [2.45, 2.75) is 38.7 Å². The highest BCUT2D eigenvalue weighted by atomic mass is 16.5. The minimum Gasteiger partial charge on any atom is -0.494 e. The van der Waals surface area contributed by atoms with E-state index in [1.165, 1.54) is 4.90 Å². The van der Waals surface area contributed by atoms with Gasteiger partial charge in [0.05, 0.1) is 25.0 Å². The van der Waals surface area contributed by atoms with Crippen molar-refractivity contribution < 1.29 is 24.2 Å². The van der Waals surface area contributed by atoms with Gasteiger partial charge in [-0.15, -0.1) is 0 Å². The maximum absolute atomic E-state index is 12.4. The van der Waals surface area contributed by atoms with Crippen molar-refractivity contribution in [2.75, 3.05) is 19.8 Å². The van der Waals surface area contributed by atoms with E-state index in [0.717, 1.165) is 31.4 Å². The second-order valence-corrected chi connectivity index (χ2v) is 6.65. The molecular formula is C19H25NO5. The Labute approximate surface area is 147 Å². The average molecular weight is 347 g/mol. The van der Waals surface area contributed by atoms with Crippen LogP contribution < -0.4 is 9.47 Å². The van der Waals surface area contributed by atoms with Crippen LogP contribution in [0.3, 0.4) is 0 Å². The molecular weight excluding hydrogens is 322 g/mol. The maximum Gasteiger partial charge on any atom is 0.233 e. The van der Waals surface area contributed by atoms with Gasteiger partial charge in [0.25, 0.3) is 0 Å². The number of aliphatic hydroxyl groups is 1. The van der Waals surface area contributed by atoms with Crippen molar-refractivity contribution in [3.63, 3.8) is 0 Å². The minimum atomic E-state index is -0.903. The molecule has 1 saturated heterocycles. The summed E-state index contributed by atoms with van der Waals surface area (Å²) in [5.41, 5.74) is 0. The van der Waals surface area contributed by atoms with E-state index in [4.69, 9.17) is 9.47 Å². The van der Waals surface area contributed by atoms with E-state index in [2.05, 4.69) is 0 Å². The summed E-state index contributed by atoms with van der Waals surface area (Å²) >= 11 is 0. The van der Waals surface area contributed by atoms with E-state index in [9.17, 15) is 14.7 Å². The van der Waals surface area contributed by atoms with Crippen LogP contribution in [0.25, 0.3) is 0 Å². The Kier molecular flexibility index (Phi) is 5.58. The zero-order valence-corrected chi connectivity index (χ0v) is 14.5. The van der Waals surface area contributed by atoms with Gasteiger partial charge in [-0.25, -0.2) is 0 Å². The van der Waals surface area contributed by atoms with Crippen LogP contribution in [0, 0.1) is 11.8 Å². The van der Waals surface area contributed by atoms with E-state index < -0.39 is 6.10 Å². The molecule has 0 radical (unpaired) electrons. The fraction of sp³-hybridized carbons (Fsp3) is 0.579. The number of amides is 2. The number of carbonyl (C=O) groups is 2. The number of carbonyl (C=O) groups excluding carboxylic acids is 2. The Morgan fingerprint density at radius 3 is 2.08 bits per heavy atom. The SMILES string of the molecule is CCOc1ccc(OCC(O)CN2C(=O)C3CCCCC3C2=O)cc1. The topological polar surface area (TPSA) is 76.1 Å². The first-order valence-electron chi connectivity index (χ1n) is 8.99. The van der Waals surface area contributed by atoms with Gasteiger partial charge in [0.15, 0.2) is 0 Å². The molecule has 3 rings (SSSR count). The van der Waals surface area contributed by atoms with E-state index in [1.54, 1.807) is 24.3 Å². The number of ether oxygens (including phenoxy) is 2. The monoisotopic (exact) mass is 347 g/mol. The van der Waals surface area contributed by atoms with Crippen LogP contribution in [-0.4, -0.2) is 47.7 Å². The van der Waals surface area contributed by atoms with Crippen LogP contribution in [-0.2, 0) is 9.59 Å². The van der Waals surface area contributed by atoms with Gasteiger partial charge in [-0.3, -0.25) is 14.5 Å². The first-order valence-corrected chi connectivity index (χ1v) is 8.99. The number of nitrogens with zero attached hydrogens (tertiary/aromatic N) is 1. The molecule has 1 saturated carbocycles. The van der Waals surface area contributed by atoms with Gasteiger partial charge in [0.2, 0.25) is 11.8 Å². The Morgan fingerprint density at radius 2 is 1.56 bits per heavy atom. The van der Waals surface area contributed by atoms with Gasteiger partial charge in [-0.1, -0.05) is 12.8 Å². The van der Waals surface area contributed by atoms with Crippen molar-refractivity contribution in [3.05, 3.63) is 24.3 Å². The molecule has 0 spiro atoms. The standard InChI is InChI=1S/C19H25NO5/c1-2-24-14-7-9-15(10-8-14)25-12-13(21)11-20-18(22)16-5-3-4-6-17(16)19(20)23/h7-10,13,16-17,21H,2-6,11-12H2,1H3. The number of β-amino-alcohol motifs (C(OH)–C–C–N with tert-alkyl or cyclic N) is 1. The second kappa shape index (κ2) is 7.87. The van der Waals surface area contributed by atoms with Crippen molar-refractivity contribution in [1.82, 2.24) is 4.90 Å². The number of aliphatic hydroxyl groups excluding tert-OH is 1. The summed E-state index contributed by atoms with van der Waals surface area (Å²) in [6.07, 6.45) is 2.66. The zero-order valence-electron chi connectivity index (χ0n) is 14.5. The number of rotatable bonds is 7. The molecule has 1 aromatic carbocycles. The van der Waals surface area contributed by atoms with Gasteiger partial charge in [-0.05, 0) is 44.0 Å². The van der Waals surface area contributed by atoms with Crippen LogP contribution in [0.2, 0.25) is 0 Å². The predicted molar refractivity (Wildman–Crippen MR) is 91.3 cm³/mol. The molecule has 136 valence electrons. The molecule has 3 atom stereocenters. The van der Waals surface area contributed by atoms with Crippen LogP contribution >= 0.6 is 0 Å². The Hall–Kier alpha value is -2.08. The lowest BCUT2D eigenvalue weighted by molar-refractivity contribution is -0.141. The molecule has 1 aromatic rings. The Morgan fingerprint density at radius 1 is 1.04 bits per heavy atom. The fourth-order valence-electron chi connectivity index (χ4n) is 3.67. The summed E-state index contributed by atoms with van der Waals surface area (Å²) in [5.74, 6) is 0.743. The lowest BCUT2D eigenvalue weighted by Crippen LogP contribution is -2.40. The fourth-order valence-corrected chi connectivity index (χ4v) is 3.67. The molecule has 3 unspecified atom stereocenters. The van der Waals surface area contributed by atoms with Crippen molar-refractivity contribution in [2.24, 2.45) is 11.8 Å². The molecule has 6 heteroatoms. The number of hydrogen-bond donors (Lipinski definition) is 1. The highest BCUT2D eigenvalue weighted by Crippen LogP contribution is 2.38. The second-order valence-electron chi connectivity index (χ2n) is 6.65. The molecule has 2 fully saturated rings. The smallest absolute Gasteiger partial charge is 0.233 e. The van der Waals surface area contributed by atoms with Crippen molar-refractivity contribution in [3.8, 4) is 11.5 Å². The predicted octanol–water partition coefficient (Wildman–Crippen LogP) is 2.00. The number of likely N-dealkylation sites (tertiary alicyclic amines) is 1. The molecule has 2 aliphatic rings. The van der Waals surface area contributed by atoms with Gasteiger partial charge in [0, 0.05) is 0 Å². The number of benzene rings is 1. The van der Waals surface area contributed by atoms with Crippen LogP contribution in [0.5, 0.6) is 11.5 Å². The maximum atomic E-state index is 12.4. The molecule has 1 aliphatic carbocycles. The highest BCUT2D eigenvalue weighted by molar-refractivity contribution is 6.05. The lowest BCUT2D eigenvalue weighted by atomic mass is 9.81. The summed E-state index contributed by atoms with van der Waals surface area (Å²) in [6.45, 7) is 2.54. The van der Waals surface area contributed by atoms with Gasteiger partial charge in [-0.2, -0.15) is 0 Å². The van der Waals surface area contributed by atoms with Crippen molar-refractivity contribution >= 4 is 11.8 Å². The highest BCUT2D eigenvalue weighted by Gasteiger charge is 2.48. The first-order chi connectivity index (χ1) is 12.1. The third-order valence-electron chi connectivity index (χ3n) is 4.90. The normalized spacial score (nSPS) is 24.2.